The van der Waals surface area contributed by atoms with E-state index < -0.39 is 0 Å². The molecule has 3 aliphatic rings. The smallest absolute Gasteiger partial charge is 0.257 e. The third-order valence-electron chi connectivity index (χ3n) is 6.52. The lowest BCUT2D eigenvalue weighted by atomic mass is 9.81. The number of likely N-dealkylation sites (N-methyl/N-ethyl adjacent to an activating group) is 1. The minimum Gasteiger partial charge on any atom is -0.378 e. The molecule has 4 rings (SSSR count). The molecule has 8 nitrogen and oxygen atoms in total. The van der Waals surface area contributed by atoms with Crippen LogP contribution in [-0.2, 0) is 9.53 Å². The molecule has 0 radical (unpaired) electrons. The molecule has 3 aliphatic heterocycles. The second kappa shape index (κ2) is 9.12. The van der Waals surface area contributed by atoms with Crippen molar-refractivity contribution in [1.82, 2.24) is 19.8 Å². The first-order valence-electron chi connectivity index (χ1n) is 10.9. The zero-order valence-corrected chi connectivity index (χ0v) is 17.9. The first kappa shape index (κ1) is 20.8. The van der Waals surface area contributed by atoms with E-state index in [1.54, 1.807) is 6.20 Å². The van der Waals surface area contributed by atoms with E-state index >= 15 is 0 Å². The molecule has 1 aromatic rings. The fourth-order valence-corrected chi connectivity index (χ4v) is 4.60. The molecule has 1 aromatic heterocycles. The number of morpholine rings is 1. The molecule has 2 fully saturated rings. The van der Waals surface area contributed by atoms with Gasteiger partial charge in [-0.2, -0.15) is 0 Å². The van der Waals surface area contributed by atoms with Crippen molar-refractivity contribution in [1.29, 1.82) is 0 Å². The van der Waals surface area contributed by atoms with Gasteiger partial charge in [0.15, 0.2) is 0 Å². The van der Waals surface area contributed by atoms with Crippen LogP contribution in [0.4, 0.5) is 5.95 Å². The number of carbonyl (C=O) groups excluding carboxylic acids is 2. The van der Waals surface area contributed by atoms with Crippen molar-refractivity contribution < 1.29 is 14.3 Å². The monoisotopic (exact) mass is 413 g/mol. The van der Waals surface area contributed by atoms with Crippen molar-refractivity contribution in [3.8, 4) is 0 Å². The number of nitrogens with zero attached hydrogens (tertiary/aromatic N) is 5. The van der Waals surface area contributed by atoms with Crippen molar-refractivity contribution >= 4 is 17.8 Å². The SMILES string of the molecule is Cc1nc(N2CCOCC2)ncc1C(=O)N1CCC(C2CC=CCN(C)C2=O)CC1. The highest BCUT2D eigenvalue weighted by Crippen LogP contribution is 2.31. The summed E-state index contributed by atoms with van der Waals surface area (Å²) in [7, 11) is 1.87. The van der Waals surface area contributed by atoms with E-state index in [4.69, 9.17) is 4.74 Å². The molecule has 162 valence electrons. The number of anilines is 1. The van der Waals surface area contributed by atoms with Gasteiger partial charge in [-0.3, -0.25) is 9.59 Å². The van der Waals surface area contributed by atoms with Gasteiger partial charge < -0.3 is 19.4 Å². The van der Waals surface area contributed by atoms with E-state index in [9.17, 15) is 9.59 Å². The molecule has 2 amide bonds. The number of amides is 2. The summed E-state index contributed by atoms with van der Waals surface area (Å²) >= 11 is 0. The number of rotatable bonds is 3. The average molecular weight is 414 g/mol. The Morgan fingerprint density at radius 1 is 1.13 bits per heavy atom. The summed E-state index contributed by atoms with van der Waals surface area (Å²) in [6, 6.07) is 0. The van der Waals surface area contributed by atoms with E-state index in [1.165, 1.54) is 0 Å². The van der Waals surface area contributed by atoms with Crippen LogP contribution in [0.15, 0.2) is 18.3 Å². The maximum atomic E-state index is 13.1. The fraction of sp³-hybridized carbons (Fsp3) is 0.636. The number of aryl methyl sites for hydroxylation is 1. The van der Waals surface area contributed by atoms with E-state index in [1.807, 2.05) is 23.8 Å². The molecule has 4 heterocycles. The molecule has 1 unspecified atom stereocenters. The van der Waals surface area contributed by atoms with Gasteiger partial charge >= 0.3 is 0 Å². The Hall–Kier alpha value is -2.48. The number of piperidine rings is 1. The van der Waals surface area contributed by atoms with Crippen LogP contribution in [0.3, 0.4) is 0 Å². The Labute approximate surface area is 177 Å². The lowest BCUT2D eigenvalue weighted by molar-refractivity contribution is -0.135. The van der Waals surface area contributed by atoms with Crippen molar-refractivity contribution in [3.05, 3.63) is 29.6 Å². The second-order valence-corrected chi connectivity index (χ2v) is 8.43. The Bertz CT molecular complexity index is 813. The van der Waals surface area contributed by atoms with Crippen LogP contribution in [0.5, 0.6) is 0 Å². The maximum Gasteiger partial charge on any atom is 0.257 e. The fourth-order valence-electron chi connectivity index (χ4n) is 4.60. The lowest BCUT2D eigenvalue weighted by Crippen LogP contribution is -2.43. The molecule has 30 heavy (non-hydrogen) atoms. The number of hydrogen-bond donors (Lipinski definition) is 0. The van der Waals surface area contributed by atoms with Gasteiger partial charge in [0.2, 0.25) is 11.9 Å². The van der Waals surface area contributed by atoms with E-state index in [-0.39, 0.29) is 17.7 Å². The van der Waals surface area contributed by atoms with Gasteiger partial charge in [0, 0.05) is 51.9 Å². The van der Waals surface area contributed by atoms with Gasteiger partial charge in [-0.25, -0.2) is 9.97 Å². The average Bonchev–Trinajstić information content (AvgIpc) is 2.95. The van der Waals surface area contributed by atoms with Crippen molar-refractivity contribution in [3.63, 3.8) is 0 Å². The Morgan fingerprint density at radius 3 is 2.57 bits per heavy atom. The van der Waals surface area contributed by atoms with Crippen molar-refractivity contribution in [2.75, 3.05) is 57.9 Å². The molecule has 0 aromatic carbocycles. The topological polar surface area (TPSA) is 78.9 Å². The largest absolute Gasteiger partial charge is 0.378 e. The van der Waals surface area contributed by atoms with Crippen LogP contribution in [0.1, 0.15) is 35.3 Å². The number of ether oxygens (including phenoxy) is 1. The van der Waals surface area contributed by atoms with Gasteiger partial charge in [-0.05, 0) is 32.1 Å². The zero-order chi connectivity index (χ0) is 21.1. The van der Waals surface area contributed by atoms with Crippen molar-refractivity contribution in [2.24, 2.45) is 11.8 Å². The summed E-state index contributed by atoms with van der Waals surface area (Å²) in [5, 5.41) is 0. The highest BCUT2D eigenvalue weighted by Gasteiger charge is 2.34. The molecular formula is C22H31N5O3. The predicted octanol–water partition coefficient (Wildman–Crippen LogP) is 1.51. The van der Waals surface area contributed by atoms with Crippen LogP contribution in [-0.4, -0.2) is 84.6 Å². The summed E-state index contributed by atoms with van der Waals surface area (Å²) in [6.45, 7) is 6.79. The second-order valence-electron chi connectivity index (χ2n) is 8.43. The third kappa shape index (κ3) is 4.33. The van der Waals surface area contributed by atoms with Crippen LogP contribution >= 0.6 is 0 Å². The van der Waals surface area contributed by atoms with Gasteiger partial charge in [0.1, 0.15) is 0 Å². The molecule has 0 N–H and O–H groups in total. The summed E-state index contributed by atoms with van der Waals surface area (Å²) < 4.78 is 5.38. The number of aromatic nitrogens is 2. The normalized spacial score (nSPS) is 23.6. The Kier molecular flexibility index (Phi) is 6.32. The number of hydrogen-bond acceptors (Lipinski definition) is 6. The standard InChI is InChI=1S/C22H31N5O3/c1-16-19(15-23-22(24-16)27-11-13-30-14-12-27)21(29)26-9-6-17(7-10-26)18-5-3-4-8-25(2)20(18)28/h3-4,15,17-18H,5-14H2,1-2H3. The zero-order valence-electron chi connectivity index (χ0n) is 17.9. The Morgan fingerprint density at radius 2 is 1.87 bits per heavy atom. The number of allylic oxidation sites excluding steroid dienone is 1. The van der Waals surface area contributed by atoms with Crippen LogP contribution in [0.25, 0.3) is 0 Å². The van der Waals surface area contributed by atoms with Gasteiger partial charge in [-0.15, -0.1) is 0 Å². The highest BCUT2D eigenvalue weighted by atomic mass is 16.5. The predicted molar refractivity (Wildman–Crippen MR) is 113 cm³/mol. The first-order chi connectivity index (χ1) is 14.5. The third-order valence-corrected chi connectivity index (χ3v) is 6.52. The summed E-state index contributed by atoms with van der Waals surface area (Å²) in [5.41, 5.74) is 1.28. The van der Waals surface area contributed by atoms with Gasteiger partial charge in [-0.1, -0.05) is 12.2 Å². The lowest BCUT2D eigenvalue weighted by Gasteiger charge is -2.36. The van der Waals surface area contributed by atoms with Gasteiger partial charge in [0.05, 0.1) is 24.5 Å². The molecular weight excluding hydrogens is 382 g/mol. The summed E-state index contributed by atoms with van der Waals surface area (Å²) in [6.07, 6.45) is 8.37. The number of likely N-dealkylation sites (tertiary alicyclic amines) is 1. The molecule has 0 bridgehead atoms. The molecule has 2 saturated heterocycles. The first-order valence-corrected chi connectivity index (χ1v) is 10.9. The summed E-state index contributed by atoms with van der Waals surface area (Å²) in [5.74, 6) is 1.24. The number of carbonyl (C=O) groups is 2. The molecule has 0 saturated carbocycles. The maximum absolute atomic E-state index is 13.1. The van der Waals surface area contributed by atoms with E-state index in [0.717, 1.165) is 32.4 Å². The summed E-state index contributed by atoms with van der Waals surface area (Å²) in [4.78, 5) is 40.6. The quantitative estimate of drug-likeness (QED) is 0.699. The van der Waals surface area contributed by atoms with Crippen LogP contribution in [0.2, 0.25) is 0 Å². The minimum atomic E-state index is -0.0105. The van der Waals surface area contributed by atoms with Crippen LogP contribution in [0, 0.1) is 18.8 Å². The van der Waals surface area contributed by atoms with E-state index in [0.29, 0.717) is 56.0 Å². The molecule has 0 spiro atoms. The molecule has 8 heteroatoms. The minimum absolute atomic E-state index is 0.0105. The van der Waals surface area contributed by atoms with E-state index in [2.05, 4.69) is 27.0 Å². The molecule has 1 atom stereocenters. The van der Waals surface area contributed by atoms with Crippen molar-refractivity contribution in [2.45, 2.75) is 26.2 Å². The molecule has 0 aliphatic carbocycles. The Balaban J connectivity index is 1.38. The highest BCUT2D eigenvalue weighted by molar-refractivity contribution is 5.95. The van der Waals surface area contributed by atoms with Gasteiger partial charge in [0.25, 0.3) is 5.91 Å². The van der Waals surface area contributed by atoms with Crippen LogP contribution < -0.4 is 4.90 Å².